The maximum Gasteiger partial charge on any atom is 0.223 e. The Morgan fingerprint density at radius 3 is 2.50 bits per heavy atom. The van der Waals surface area contributed by atoms with Crippen molar-refractivity contribution in [2.24, 2.45) is 5.73 Å². The van der Waals surface area contributed by atoms with Crippen molar-refractivity contribution in [1.82, 2.24) is 5.32 Å². The molecule has 1 unspecified atom stereocenters. The summed E-state index contributed by atoms with van der Waals surface area (Å²) in [6, 6.07) is 2.30. The second-order valence-corrected chi connectivity index (χ2v) is 4.53. The summed E-state index contributed by atoms with van der Waals surface area (Å²) in [5.74, 6) is -2.26. The van der Waals surface area contributed by atoms with Crippen LogP contribution in [0.2, 0.25) is 0 Å². The topological polar surface area (TPSA) is 64.3 Å². The molecule has 1 amide bonds. The molecule has 0 radical (unpaired) electrons. The van der Waals surface area contributed by atoms with Gasteiger partial charge in [0.05, 0.1) is 13.0 Å². The number of ether oxygens (including phenoxy) is 1. The lowest BCUT2D eigenvalue weighted by Gasteiger charge is -2.12. The average Bonchev–Trinajstić information content (AvgIpc) is 2.41. The van der Waals surface area contributed by atoms with Crippen LogP contribution in [0.5, 0.6) is 5.75 Å². The first-order valence-electron chi connectivity index (χ1n) is 6.54. The molecule has 112 valence electrons. The fourth-order valence-electron chi connectivity index (χ4n) is 1.69. The van der Waals surface area contributed by atoms with Crippen molar-refractivity contribution in [3.05, 3.63) is 29.3 Å². The van der Waals surface area contributed by atoms with Gasteiger partial charge in [0.2, 0.25) is 5.91 Å². The highest BCUT2D eigenvalue weighted by Crippen LogP contribution is 2.24. The van der Waals surface area contributed by atoms with E-state index in [9.17, 15) is 13.6 Å². The molecule has 1 aromatic rings. The van der Waals surface area contributed by atoms with Crippen LogP contribution < -0.4 is 15.8 Å². The van der Waals surface area contributed by atoms with Crippen LogP contribution in [0.3, 0.4) is 0 Å². The van der Waals surface area contributed by atoms with Gasteiger partial charge in [0, 0.05) is 13.1 Å². The number of benzene rings is 1. The second-order valence-electron chi connectivity index (χ2n) is 4.53. The van der Waals surface area contributed by atoms with Gasteiger partial charge in [-0.15, -0.1) is 0 Å². The van der Waals surface area contributed by atoms with Gasteiger partial charge in [-0.3, -0.25) is 4.79 Å². The van der Waals surface area contributed by atoms with E-state index in [0.717, 1.165) is 6.42 Å². The van der Waals surface area contributed by atoms with E-state index in [2.05, 4.69) is 5.32 Å². The van der Waals surface area contributed by atoms with Crippen LogP contribution in [0, 0.1) is 11.6 Å². The monoisotopic (exact) mass is 286 g/mol. The minimum Gasteiger partial charge on any atom is -0.487 e. The molecule has 4 nitrogen and oxygen atoms in total. The fourth-order valence-corrected chi connectivity index (χ4v) is 1.69. The Morgan fingerprint density at radius 1 is 1.40 bits per heavy atom. The minimum atomic E-state index is -0.778. The van der Waals surface area contributed by atoms with Crippen LogP contribution in [-0.4, -0.2) is 25.6 Å². The molecule has 0 bridgehead atoms. The summed E-state index contributed by atoms with van der Waals surface area (Å²) in [4.78, 5) is 11.0. The predicted molar refractivity (Wildman–Crippen MR) is 72.5 cm³/mol. The molecule has 3 N–H and O–H groups in total. The molecule has 0 fully saturated rings. The number of amides is 1. The van der Waals surface area contributed by atoms with E-state index in [4.69, 9.17) is 10.5 Å². The molecule has 20 heavy (non-hydrogen) atoms. The molecule has 1 rings (SSSR count). The van der Waals surface area contributed by atoms with E-state index >= 15 is 0 Å². The lowest BCUT2D eigenvalue weighted by molar-refractivity contribution is -0.121. The SMILES string of the molecule is CCC(N)Cc1cc(F)c(OCCC(=O)NC)c(F)c1. The maximum atomic E-state index is 13.8. The quantitative estimate of drug-likeness (QED) is 0.802. The summed E-state index contributed by atoms with van der Waals surface area (Å²) in [5, 5.41) is 2.40. The third kappa shape index (κ3) is 4.77. The minimum absolute atomic E-state index is 0.0395. The zero-order valence-electron chi connectivity index (χ0n) is 11.7. The Bertz CT molecular complexity index is 443. The molecule has 0 aliphatic heterocycles. The largest absolute Gasteiger partial charge is 0.487 e. The first-order chi connectivity index (χ1) is 9.47. The molecule has 0 spiro atoms. The van der Waals surface area contributed by atoms with Crippen molar-refractivity contribution in [3.8, 4) is 5.75 Å². The Balaban J connectivity index is 2.71. The van der Waals surface area contributed by atoms with Crippen molar-refractivity contribution in [1.29, 1.82) is 0 Å². The van der Waals surface area contributed by atoms with E-state index in [1.165, 1.54) is 19.2 Å². The fraction of sp³-hybridized carbons (Fsp3) is 0.500. The number of hydrogen-bond donors (Lipinski definition) is 2. The maximum absolute atomic E-state index is 13.8. The van der Waals surface area contributed by atoms with Crippen molar-refractivity contribution < 1.29 is 18.3 Å². The first-order valence-corrected chi connectivity index (χ1v) is 6.54. The van der Waals surface area contributed by atoms with Gasteiger partial charge in [-0.05, 0) is 30.5 Å². The number of hydrogen-bond acceptors (Lipinski definition) is 3. The van der Waals surface area contributed by atoms with Crippen LogP contribution >= 0.6 is 0 Å². The van der Waals surface area contributed by atoms with Gasteiger partial charge in [-0.1, -0.05) is 6.92 Å². The van der Waals surface area contributed by atoms with E-state index in [-0.39, 0.29) is 25.0 Å². The van der Waals surface area contributed by atoms with Gasteiger partial charge in [0.25, 0.3) is 0 Å². The van der Waals surface area contributed by atoms with Gasteiger partial charge >= 0.3 is 0 Å². The summed E-state index contributed by atoms with van der Waals surface area (Å²) in [6.45, 7) is 1.83. The lowest BCUT2D eigenvalue weighted by Crippen LogP contribution is -2.22. The molecule has 0 heterocycles. The van der Waals surface area contributed by atoms with Crippen molar-refractivity contribution in [2.45, 2.75) is 32.2 Å². The summed E-state index contributed by atoms with van der Waals surface area (Å²) in [5.41, 5.74) is 6.24. The Labute approximate surface area is 117 Å². The number of carbonyl (C=O) groups is 1. The first kappa shape index (κ1) is 16.4. The molecule has 6 heteroatoms. The molecular formula is C14H20F2N2O2. The van der Waals surface area contributed by atoms with Crippen molar-refractivity contribution >= 4 is 5.91 Å². The van der Waals surface area contributed by atoms with Gasteiger partial charge in [0.15, 0.2) is 17.4 Å². The number of halogens is 2. The average molecular weight is 286 g/mol. The zero-order chi connectivity index (χ0) is 15.1. The Morgan fingerprint density at radius 2 is 2.00 bits per heavy atom. The standard InChI is InChI=1S/C14H20F2N2O2/c1-3-10(17)6-9-7-11(15)14(12(16)8-9)20-5-4-13(19)18-2/h7-8,10H,3-6,17H2,1-2H3,(H,18,19). The molecule has 1 atom stereocenters. The van der Waals surface area contributed by atoms with Crippen LogP contribution in [0.15, 0.2) is 12.1 Å². The van der Waals surface area contributed by atoms with E-state index in [1.54, 1.807) is 0 Å². The van der Waals surface area contributed by atoms with Gasteiger partial charge in [-0.2, -0.15) is 0 Å². The third-order valence-corrected chi connectivity index (χ3v) is 2.93. The molecule has 0 aliphatic carbocycles. The van der Waals surface area contributed by atoms with Crippen LogP contribution in [0.1, 0.15) is 25.3 Å². The van der Waals surface area contributed by atoms with Crippen LogP contribution in [-0.2, 0) is 11.2 Å². The predicted octanol–water partition coefficient (Wildman–Crippen LogP) is 1.76. The Hall–Kier alpha value is -1.69. The molecular weight excluding hydrogens is 266 g/mol. The van der Waals surface area contributed by atoms with Crippen LogP contribution in [0.4, 0.5) is 8.78 Å². The van der Waals surface area contributed by atoms with Gasteiger partial charge < -0.3 is 15.8 Å². The highest BCUT2D eigenvalue weighted by molar-refractivity contribution is 5.75. The highest BCUT2D eigenvalue weighted by Gasteiger charge is 2.14. The molecule has 0 aromatic heterocycles. The number of rotatable bonds is 7. The molecule has 0 saturated heterocycles. The van der Waals surface area contributed by atoms with Crippen molar-refractivity contribution in [3.63, 3.8) is 0 Å². The normalized spacial score (nSPS) is 12.1. The smallest absolute Gasteiger partial charge is 0.223 e. The molecule has 1 aromatic carbocycles. The third-order valence-electron chi connectivity index (χ3n) is 2.93. The highest BCUT2D eigenvalue weighted by atomic mass is 19.1. The van der Waals surface area contributed by atoms with Crippen molar-refractivity contribution in [2.75, 3.05) is 13.7 Å². The second kappa shape index (κ2) is 7.79. The summed E-state index contributed by atoms with van der Waals surface area (Å²) < 4.78 is 32.5. The zero-order valence-corrected chi connectivity index (χ0v) is 11.7. The summed E-state index contributed by atoms with van der Waals surface area (Å²) in [6.07, 6.45) is 1.17. The van der Waals surface area contributed by atoms with Gasteiger partial charge in [0.1, 0.15) is 0 Å². The Kier molecular flexibility index (Phi) is 6.38. The summed E-state index contributed by atoms with van der Waals surface area (Å²) >= 11 is 0. The molecule has 0 saturated carbocycles. The number of nitrogens with two attached hydrogens (primary N) is 1. The molecule has 0 aliphatic rings. The van der Waals surface area contributed by atoms with E-state index in [0.29, 0.717) is 12.0 Å². The lowest BCUT2D eigenvalue weighted by atomic mass is 10.0. The van der Waals surface area contributed by atoms with E-state index < -0.39 is 17.4 Å². The van der Waals surface area contributed by atoms with E-state index in [1.807, 2.05) is 6.92 Å². The number of nitrogens with one attached hydrogen (secondary N) is 1. The number of carbonyl (C=O) groups excluding carboxylic acids is 1. The van der Waals surface area contributed by atoms with Gasteiger partial charge in [-0.25, -0.2) is 8.78 Å². The van der Waals surface area contributed by atoms with Crippen LogP contribution in [0.25, 0.3) is 0 Å². The summed E-state index contributed by atoms with van der Waals surface area (Å²) in [7, 11) is 1.48.